The Morgan fingerprint density at radius 2 is 1.83 bits per heavy atom. The Morgan fingerprint density at radius 3 is 2.55 bits per heavy atom. The zero-order valence-corrected chi connectivity index (χ0v) is 16.8. The molecule has 2 aromatic heterocycles. The van der Waals surface area contributed by atoms with Crippen LogP contribution in [0.15, 0.2) is 66.0 Å². The number of fused-ring (bicyclic) bond motifs is 2. The van der Waals surface area contributed by atoms with Crippen molar-refractivity contribution < 1.29 is 13.2 Å². The molecule has 0 amide bonds. The Balaban J connectivity index is 1.41. The van der Waals surface area contributed by atoms with Crippen LogP contribution < -0.4 is 0 Å². The number of hydrogen-bond donors (Lipinski definition) is 0. The van der Waals surface area contributed by atoms with Crippen LogP contribution in [0.4, 0.5) is 0 Å². The van der Waals surface area contributed by atoms with Gasteiger partial charge in [0, 0.05) is 31.7 Å². The number of sulfonamides is 1. The second-order valence-corrected chi connectivity index (χ2v) is 9.41. The van der Waals surface area contributed by atoms with Gasteiger partial charge in [0.15, 0.2) is 0 Å². The highest BCUT2D eigenvalue weighted by Crippen LogP contribution is 2.41. The Bertz CT molecular complexity index is 1110. The van der Waals surface area contributed by atoms with E-state index >= 15 is 0 Å². The monoisotopic (exact) mass is 410 g/mol. The molecule has 0 saturated carbocycles. The van der Waals surface area contributed by atoms with Gasteiger partial charge in [-0.15, -0.1) is 0 Å². The van der Waals surface area contributed by atoms with E-state index in [4.69, 9.17) is 9.84 Å². The van der Waals surface area contributed by atoms with Gasteiger partial charge in [-0.3, -0.25) is 4.98 Å². The lowest BCUT2D eigenvalue weighted by molar-refractivity contribution is -0.0921. The lowest BCUT2D eigenvalue weighted by Crippen LogP contribution is -2.48. The molecule has 0 N–H and O–H groups in total. The highest BCUT2D eigenvalue weighted by molar-refractivity contribution is 7.89. The molecule has 150 valence electrons. The summed E-state index contributed by atoms with van der Waals surface area (Å²) < 4.78 is 35.5. The maximum atomic E-state index is 12.9. The van der Waals surface area contributed by atoms with Crippen molar-refractivity contribution in [2.45, 2.75) is 29.8 Å². The molecule has 5 rings (SSSR count). The van der Waals surface area contributed by atoms with Crippen molar-refractivity contribution in [2.24, 2.45) is 0 Å². The summed E-state index contributed by atoms with van der Waals surface area (Å²) >= 11 is 0. The third-order valence-corrected chi connectivity index (χ3v) is 7.68. The summed E-state index contributed by atoms with van der Waals surface area (Å²) in [6, 6.07) is 13.2. The normalized spacial score (nSPS) is 19.2. The highest BCUT2D eigenvalue weighted by Gasteiger charge is 2.45. The Labute approximate surface area is 170 Å². The molecule has 1 fully saturated rings. The van der Waals surface area contributed by atoms with E-state index in [1.54, 1.807) is 18.3 Å². The van der Waals surface area contributed by atoms with Crippen molar-refractivity contribution in [1.29, 1.82) is 0 Å². The summed E-state index contributed by atoms with van der Waals surface area (Å²) in [6.07, 6.45) is 7.05. The van der Waals surface area contributed by atoms with Gasteiger partial charge < -0.3 is 4.74 Å². The van der Waals surface area contributed by atoms with Crippen molar-refractivity contribution in [3.8, 4) is 5.69 Å². The molecule has 1 aromatic carbocycles. The van der Waals surface area contributed by atoms with E-state index in [2.05, 4.69) is 11.2 Å². The molecule has 4 heterocycles. The first-order valence-electron chi connectivity index (χ1n) is 9.77. The van der Waals surface area contributed by atoms with Crippen molar-refractivity contribution in [3.05, 3.63) is 72.3 Å². The van der Waals surface area contributed by atoms with Gasteiger partial charge in [0.2, 0.25) is 10.0 Å². The number of ether oxygens (including phenoxy) is 1. The fourth-order valence-electron chi connectivity index (χ4n) is 4.23. The number of piperidine rings is 1. The second-order valence-electron chi connectivity index (χ2n) is 7.47. The third kappa shape index (κ3) is 3.17. The van der Waals surface area contributed by atoms with Gasteiger partial charge in [0.05, 0.1) is 18.0 Å². The third-order valence-electron chi connectivity index (χ3n) is 5.79. The summed E-state index contributed by atoms with van der Waals surface area (Å²) in [5, 5.41) is 4.86. The quantitative estimate of drug-likeness (QED) is 0.663. The van der Waals surface area contributed by atoms with Gasteiger partial charge in [-0.25, -0.2) is 13.1 Å². The molecular weight excluding hydrogens is 388 g/mol. The standard InChI is InChI=1S/C21H22N4O3S/c26-29(27,19-7-4-11-22-15-19)24-12-9-21(10-13-24)20-17(8-14-28-21)16-25(23-20)18-5-2-1-3-6-18/h1-7,11,15-16H,8-10,12-14H2. The smallest absolute Gasteiger partial charge is 0.244 e. The number of benzene rings is 1. The maximum absolute atomic E-state index is 12.9. The van der Waals surface area contributed by atoms with Crippen LogP contribution in [0.2, 0.25) is 0 Å². The molecule has 2 aliphatic heterocycles. The van der Waals surface area contributed by atoms with Crippen LogP contribution in [-0.4, -0.2) is 47.2 Å². The van der Waals surface area contributed by atoms with Crippen LogP contribution >= 0.6 is 0 Å². The van der Waals surface area contributed by atoms with Crippen LogP contribution in [0.25, 0.3) is 5.69 Å². The molecule has 0 unspecified atom stereocenters. The SMILES string of the molecule is O=S(=O)(c1cccnc1)N1CCC2(CC1)OCCc1cn(-c3ccccc3)nc12. The number of pyridine rings is 1. The second kappa shape index (κ2) is 7.05. The summed E-state index contributed by atoms with van der Waals surface area (Å²) in [6.45, 7) is 1.42. The molecule has 1 spiro atoms. The molecule has 29 heavy (non-hydrogen) atoms. The van der Waals surface area contributed by atoms with E-state index in [9.17, 15) is 8.42 Å². The minimum atomic E-state index is -3.54. The average Bonchev–Trinajstić information content (AvgIpc) is 3.22. The van der Waals surface area contributed by atoms with Crippen LogP contribution in [0, 0.1) is 0 Å². The first-order valence-corrected chi connectivity index (χ1v) is 11.2. The van der Waals surface area contributed by atoms with E-state index < -0.39 is 15.6 Å². The molecular formula is C21H22N4O3S. The van der Waals surface area contributed by atoms with E-state index in [0.717, 1.165) is 17.8 Å². The summed E-state index contributed by atoms with van der Waals surface area (Å²) in [4.78, 5) is 4.18. The zero-order chi connectivity index (χ0) is 19.9. The molecule has 0 radical (unpaired) electrons. The van der Waals surface area contributed by atoms with E-state index in [1.165, 1.54) is 16.1 Å². The molecule has 0 atom stereocenters. The Hall–Kier alpha value is -2.55. The fourth-order valence-corrected chi connectivity index (χ4v) is 5.64. The van der Waals surface area contributed by atoms with Gasteiger partial charge in [0.25, 0.3) is 0 Å². The minimum Gasteiger partial charge on any atom is -0.368 e. The fraction of sp³-hybridized carbons (Fsp3) is 0.333. The zero-order valence-electron chi connectivity index (χ0n) is 15.9. The molecule has 1 saturated heterocycles. The maximum Gasteiger partial charge on any atom is 0.244 e. The predicted molar refractivity (Wildman–Crippen MR) is 107 cm³/mol. The van der Waals surface area contributed by atoms with E-state index in [-0.39, 0.29) is 4.90 Å². The number of nitrogens with zero attached hydrogens (tertiary/aromatic N) is 4. The summed E-state index contributed by atoms with van der Waals surface area (Å²) in [5.74, 6) is 0. The number of aromatic nitrogens is 3. The first-order chi connectivity index (χ1) is 14.1. The summed E-state index contributed by atoms with van der Waals surface area (Å²) in [7, 11) is -3.54. The van der Waals surface area contributed by atoms with Crippen LogP contribution in [0.5, 0.6) is 0 Å². The predicted octanol–water partition coefficient (Wildman–Crippen LogP) is 2.52. The largest absolute Gasteiger partial charge is 0.368 e. The summed E-state index contributed by atoms with van der Waals surface area (Å²) in [5.41, 5.74) is 2.62. The van der Waals surface area contributed by atoms with Gasteiger partial charge in [-0.1, -0.05) is 18.2 Å². The van der Waals surface area contributed by atoms with Gasteiger partial charge in [-0.05, 0) is 49.1 Å². The van der Waals surface area contributed by atoms with Crippen LogP contribution in [0.1, 0.15) is 24.1 Å². The lowest BCUT2D eigenvalue weighted by atomic mass is 9.84. The molecule has 0 aliphatic carbocycles. The lowest BCUT2D eigenvalue weighted by Gasteiger charge is -2.42. The molecule has 7 nitrogen and oxygen atoms in total. The molecule has 3 aromatic rings. The first kappa shape index (κ1) is 18.5. The van der Waals surface area contributed by atoms with Crippen molar-refractivity contribution in [2.75, 3.05) is 19.7 Å². The van der Waals surface area contributed by atoms with E-state index in [1.807, 2.05) is 35.0 Å². The Kier molecular flexibility index (Phi) is 4.49. The van der Waals surface area contributed by atoms with Gasteiger partial charge in [0.1, 0.15) is 10.5 Å². The molecule has 8 heteroatoms. The van der Waals surface area contributed by atoms with Crippen LogP contribution in [0.3, 0.4) is 0 Å². The highest BCUT2D eigenvalue weighted by atomic mass is 32.2. The average molecular weight is 410 g/mol. The van der Waals surface area contributed by atoms with Crippen LogP contribution in [-0.2, 0) is 26.8 Å². The number of para-hydroxylation sites is 1. The molecule has 0 bridgehead atoms. The van der Waals surface area contributed by atoms with Gasteiger partial charge in [-0.2, -0.15) is 9.40 Å². The van der Waals surface area contributed by atoms with Gasteiger partial charge >= 0.3 is 0 Å². The number of rotatable bonds is 3. The minimum absolute atomic E-state index is 0.231. The topological polar surface area (TPSA) is 77.3 Å². The molecule has 2 aliphatic rings. The Morgan fingerprint density at radius 1 is 1.03 bits per heavy atom. The van der Waals surface area contributed by atoms with E-state index in [0.29, 0.717) is 32.5 Å². The number of hydrogen-bond acceptors (Lipinski definition) is 5. The van der Waals surface area contributed by atoms with Crippen molar-refractivity contribution in [3.63, 3.8) is 0 Å². The van der Waals surface area contributed by atoms with Crippen molar-refractivity contribution >= 4 is 10.0 Å². The van der Waals surface area contributed by atoms with Crippen molar-refractivity contribution in [1.82, 2.24) is 19.1 Å².